The normalized spacial score (nSPS) is 11.5. The molecular formula is C13H13ClN2O2S. The molecule has 0 saturated carbocycles. The highest BCUT2D eigenvalue weighted by Gasteiger charge is 2.22. The molecule has 0 unspecified atom stereocenters. The number of sulfone groups is 1. The Morgan fingerprint density at radius 3 is 2.53 bits per heavy atom. The van der Waals surface area contributed by atoms with E-state index >= 15 is 0 Å². The Balaban J connectivity index is 2.44. The molecule has 2 aromatic rings. The minimum absolute atomic E-state index is 0.0278. The van der Waals surface area contributed by atoms with Gasteiger partial charge in [-0.1, -0.05) is 23.7 Å². The maximum atomic E-state index is 12.4. The van der Waals surface area contributed by atoms with Crippen molar-refractivity contribution in [1.82, 2.24) is 4.98 Å². The number of anilines is 1. The maximum absolute atomic E-state index is 12.4. The van der Waals surface area contributed by atoms with Crippen molar-refractivity contribution in [2.24, 2.45) is 0 Å². The number of nitrogens with zero attached hydrogens (tertiary/aromatic N) is 1. The SMILES string of the molecule is Cc1cccc(CS(=O)(=O)c2c(N)cccc2Cl)n1. The number of pyridine rings is 1. The van der Waals surface area contributed by atoms with E-state index < -0.39 is 9.84 Å². The molecule has 0 aliphatic heterocycles. The van der Waals surface area contributed by atoms with Crippen LogP contribution in [0.15, 0.2) is 41.3 Å². The zero-order chi connectivity index (χ0) is 14.0. The van der Waals surface area contributed by atoms with Crippen LogP contribution in [0.25, 0.3) is 0 Å². The number of nitrogen functional groups attached to an aromatic ring is 1. The quantitative estimate of drug-likeness (QED) is 0.884. The summed E-state index contributed by atoms with van der Waals surface area (Å²) in [5.41, 5.74) is 7.10. The molecule has 1 aromatic carbocycles. The van der Waals surface area contributed by atoms with Gasteiger partial charge in [-0.3, -0.25) is 4.98 Å². The molecule has 2 N–H and O–H groups in total. The lowest BCUT2D eigenvalue weighted by Crippen LogP contribution is -2.10. The molecule has 19 heavy (non-hydrogen) atoms. The summed E-state index contributed by atoms with van der Waals surface area (Å²) < 4.78 is 24.7. The number of aryl methyl sites for hydroxylation is 1. The van der Waals surface area contributed by atoms with Crippen molar-refractivity contribution in [2.45, 2.75) is 17.6 Å². The fourth-order valence-electron chi connectivity index (χ4n) is 1.80. The maximum Gasteiger partial charge on any atom is 0.187 e. The van der Waals surface area contributed by atoms with Crippen LogP contribution in [0.1, 0.15) is 11.4 Å². The molecule has 0 aliphatic carbocycles. The first-order valence-corrected chi connectivity index (χ1v) is 7.62. The molecule has 100 valence electrons. The molecule has 0 atom stereocenters. The van der Waals surface area contributed by atoms with Crippen molar-refractivity contribution in [2.75, 3.05) is 5.73 Å². The van der Waals surface area contributed by atoms with Crippen LogP contribution in [-0.2, 0) is 15.6 Å². The third-order valence-electron chi connectivity index (χ3n) is 2.59. The van der Waals surface area contributed by atoms with Gasteiger partial charge >= 0.3 is 0 Å². The van der Waals surface area contributed by atoms with E-state index in [1.54, 1.807) is 31.2 Å². The topological polar surface area (TPSA) is 73.0 Å². The number of rotatable bonds is 3. The van der Waals surface area contributed by atoms with E-state index in [9.17, 15) is 8.42 Å². The van der Waals surface area contributed by atoms with E-state index in [-0.39, 0.29) is 21.4 Å². The lowest BCUT2D eigenvalue weighted by Gasteiger charge is -2.09. The third-order valence-corrected chi connectivity index (χ3v) is 4.77. The lowest BCUT2D eigenvalue weighted by atomic mass is 10.3. The van der Waals surface area contributed by atoms with Crippen LogP contribution >= 0.6 is 11.6 Å². The number of nitrogens with two attached hydrogens (primary N) is 1. The number of aromatic nitrogens is 1. The molecule has 0 bridgehead atoms. The average Bonchev–Trinajstić information content (AvgIpc) is 2.27. The van der Waals surface area contributed by atoms with E-state index in [4.69, 9.17) is 17.3 Å². The molecule has 0 spiro atoms. The first-order chi connectivity index (χ1) is 8.90. The summed E-state index contributed by atoms with van der Waals surface area (Å²) in [6, 6.07) is 9.87. The smallest absolute Gasteiger partial charge is 0.187 e. The van der Waals surface area contributed by atoms with E-state index in [2.05, 4.69) is 4.98 Å². The minimum atomic E-state index is -3.61. The predicted molar refractivity (Wildman–Crippen MR) is 75.7 cm³/mol. The highest BCUT2D eigenvalue weighted by Crippen LogP contribution is 2.29. The van der Waals surface area contributed by atoms with Crippen LogP contribution < -0.4 is 5.73 Å². The van der Waals surface area contributed by atoms with Crippen molar-refractivity contribution in [1.29, 1.82) is 0 Å². The number of benzene rings is 1. The number of halogens is 1. The fourth-order valence-corrected chi connectivity index (χ4v) is 3.82. The summed E-state index contributed by atoms with van der Waals surface area (Å²) in [4.78, 5) is 4.15. The summed E-state index contributed by atoms with van der Waals surface area (Å²) >= 11 is 5.93. The van der Waals surface area contributed by atoms with Gasteiger partial charge in [0.1, 0.15) is 4.90 Å². The first kappa shape index (κ1) is 13.8. The second kappa shape index (κ2) is 5.19. The second-order valence-electron chi connectivity index (χ2n) is 4.19. The minimum Gasteiger partial charge on any atom is -0.398 e. The summed E-state index contributed by atoms with van der Waals surface area (Å²) in [6.45, 7) is 1.81. The lowest BCUT2D eigenvalue weighted by molar-refractivity contribution is 0.595. The van der Waals surface area contributed by atoms with E-state index in [1.807, 2.05) is 0 Å². The molecule has 0 radical (unpaired) electrons. The van der Waals surface area contributed by atoms with Crippen LogP contribution in [0, 0.1) is 6.92 Å². The zero-order valence-electron chi connectivity index (χ0n) is 10.3. The van der Waals surface area contributed by atoms with Crippen LogP contribution in [-0.4, -0.2) is 13.4 Å². The van der Waals surface area contributed by atoms with Gasteiger partial charge in [-0.25, -0.2) is 8.42 Å². The van der Waals surface area contributed by atoms with Crippen LogP contribution in [0.3, 0.4) is 0 Å². The largest absolute Gasteiger partial charge is 0.398 e. The Labute approximate surface area is 117 Å². The summed E-state index contributed by atoms with van der Waals surface area (Å²) in [7, 11) is -3.61. The van der Waals surface area contributed by atoms with E-state index in [1.165, 1.54) is 12.1 Å². The molecule has 1 aromatic heterocycles. The van der Waals surface area contributed by atoms with Gasteiger partial charge in [-0.15, -0.1) is 0 Å². The predicted octanol–water partition coefficient (Wildman–Crippen LogP) is 2.60. The summed E-state index contributed by atoms with van der Waals surface area (Å²) in [6.07, 6.45) is 0. The average molecular weight is 297 g/mol. The molecule has 1 heterocycles. The van der Waals surface area contributed by atoms with E-state index in [0.29, 0.717) is 5.69 Å². The van der Waals surface area contributed by atoms with Gasteiger partial charge in [0.15, 0.2) is 9.84 Å². The zero-order valence-corrected chi connectivity index (χ0v) is 11.9. The van der Waals surface area contributed by atoms with Crippen LogP contribution in [0.2, 0.25) is 5.02 Å². The standard InChI is InChI=1S/C13H13ClN2O2S/c1-9-4-2-5-10(16-9)8-19(17,18)13-11(14)6-3-7-12(13)15/h2-7H,8,15H2,1H3. The first-order valence-electron chi connectivity index (χ1n) is 5.59. The van der Waals surface area contributed by atoms with Crippen molar-refractivity contribution in [3.05, 3.63) is 52.8 Å². The molecule has 0 fully saturated rings. The molecule has 0 saturated heterocycles. The Morgan fingerprint density at radius 1 is 1.21 bits per heavy atom. The van der Waals surface area contributed by atoms with Gasteiger partial charge in [0.2, 0.25) is 0 Å². The number of hydrogen-bond donors (Lipinski definition) is 1. The Morgan fingerprint density at radius 2 is 1.89 bits per heavy atom. The Hall–Kier alpha value is -1.59. The Kier molecular flexibility index (Phi) is 3.78. The molecule has 0 aliphatic rings. The molecule has 4 nitrogen and oxygen atoms in total. The molecular weight excluding hydrogens is 284 g/mol. The van der Waals surface area contributed by atoms with Gasteiger partial charge in [-0.2, -0.15) is 0 Å². The highest BCUT2D eigenvalue weighted by atomic mass is 35.5. The van der Waals surface area contributed by atoms with Gasteiger partial charge in [-0.05, 0) is 31.2 Å². The molecule has 6 heteroatoms. The second-order valence-corrected chi connectivity index (χ2v) is 6.52. The monoisotopic (exact) mass is 296 g/mol. The number of hydrogen-bond acceptors (Lipinski definition) is 4. The van der Waals surface area contributed by atoms with Gasteiger partial charge in [0.25, 0.3) is 0 Å². The van der Waals surface area contributed by atoms with Crippen molar-refractivity contribution < 1.29 is 8.42 Å². The molecule has 0 amide bonds. The van der Waals surface area contributed by atoms with E-state index in [0.717, 1.165) is 5.69 Å². The van der Waals surface area contributed by atoms with Gasteiger partial charge in [0, 0.05) is 5.69 Å². The van der Waals surface area contributed by atoms with Crippen LogP contribution in [0.4, 0.5) is 5.69 Å². The van der Waals surface area contributed by atoms with Crippen molar-refractivity contribution in [3.63, 3.8) is 0 Å². The fraction of sp³-hybridized carbons (Fsp3) is 0.154. The highest BCUT2D eigenvalue weighted by molar-refractivity contribution is 7.91. The molecule has 2 rings (SSSR count). The summed E-state index contributed by atoms with van der Waals surface area (Å²) in [5, 5.41) is 0.132. The Bertz CT molecular complexity index is 694. The van der Waals surface area contributed by atoms with Gasteiger partial charge in [0.05, 0.1) is 22.2 Å². The van der Waals surface area contributed by atoms with Crippen molar-refractivity contribution >= 4 is 27.1 Å². The third kappa shape index (κ3) is 3.05. The summed E-state index contributed by atoms with van der Waals surface area (Å²) in [5.74, 6) is -0.220. The van der Waals surface area contributed by atoms with Crippen LogP contribution in [0.5, 0.6) is 0 Å². The van der Waals surface area contributed by atoms with Gasteiger partial charge < -0.3 is 5.73 Å². The van der Waals surface area contributed by atoms with Crippen molar-refractivity contribution in [3.8, 4) is 0 Å².